The third-order valence-electron chi connectivity index (χ3n) is 2.85. The summed E-state index contributed by atoms with van der Waals surface area (Å²) in [4.78, 5) is 14.7. The molecule has 0 radical (unpaired) electrons. The lowest BCUT2D eigenvalue weighted by molar-refractivity contribution is -0.384. The molecule has 0 aromatic carbocycles. The largest absolute Gasteiger partial charge is 0.360 e. The van der Waals surface area contributed by atoms with Gasteiger partial charge in [0.25, 0.3) is 0 Å². The van der Waals surface area contributed by atoms with E-state index in [0.29, 0.717) is 5.82 Å². The van der Waals surface area contributed by atoms with Gasteiger partial charge in [0.15, 0.2) is 0 Å². The van der Waals surface area contributed by atoms with Crippen molar-refractivity contribution >= 4 is 11.5 Å². The quantitative estimate of drug-likeness (QED) is 0.613. The van der Waals surface area contributed by atoms with Crippen molar-refractivity contribution in [3.8, 4) is 0 Å². The van der Waals surface area contributed by atoms with E-state index in [4.69, 9.17) is 0 Å². The highest BCUT2D eigenvalue weighted by Crippen LogP contribution is 2.23. The number of piperidine rings is 1. The van der Waals surface area contributed by atoms with Crippen LogP contribution in [0.1, 0.15) is 18.5 Å². The van der Waals surface area contributed by atoms with E-state index in [1.807, 2.05) is 6.92 Å². The monoisotopic (exact) mass is 236 g/mol. The number of nitro groups is 1. The predicted octanol–water partition coefficient (Wildman–Crippen LogP) is 1.46. The topological polar surface area (TPSA) is 80.1 Å². The molecule has 0 aliphatic carbocycles. The lowest BCUT2D eigenvalue weighted by Gasteiger charge is -2.24. The van der Waals surface area contributed by atoms with Gasteiger partial charge in [-0.3, -0.25) is 10.1 Å². The number of hydrogen-bond acceptors (Lipinski definition) is 5. The fourth-order valence-electron chi connectivity index (χ4n) is 1.97. The van der Waals surface area contributed by atoms with Crippen LogP contribution in [0.25, 0.3) is 0 Å². The number of anilines is 1. The van der Waals surface area contributed by atoms with Gasteiger partial charge in [0, 0.05) is 24.3 Å². The number of nitrogens with one attached hydrogen (secondary N) is 2. The zero-order valence-electron chi connectivity index (χ0n) is 9.77. The first kappa shape index (κ1) is 11.8. The molecule has 0 spiro atoms. The lowest BCUT2D eigenvalue weighted by atomic mass is 10.1. The third kappa shape index (κ3) is 2.91. The van der Waals surface area contributed by atoms with Crippen LogP contribution in [0.2, 0.25) is 0 Å². The fraction of sp³-hybridized carbons (Fsp3) is 0.545. The average molecular weight is 236 g/mol. The Kier molecular flexibility index (Phi) is 3.53. The summed E-state index contributed by atoms with van der Waals surface area (Å²) in [5.41, 5.74) is 0.822. The van der Waals surface area contributed by atoms with Gasteiger partial charge in [-0.2, -0.15) is 0 Å². The first-order valence-electron chi connectivity index (χ1n) is 5.76. The van der Waals surface area contributed by atoms with Crippen LogP contribution in [0.15, 0.2) is 12.1 Å². The van der Waals surface area contributed by atoms with E-state index in [1.54, 1.807) is 6.07 Å². The zero-order valence-corrected chi connectivity index (χ0v) is 9.77. The van der Waals surface area contributed by atoms with E-state index in [9.17, 15) is 10.1 Å². The molecule has 1 aliphatic heterocycles. The summed E-state index contributed by atoms with van der Waals surface area (Å²) in [6.07, 6.45) is 2.09. The number of nitrogens with zero attached hydrogens (tertiary/aromatic N) is 2. The first-order valence-corrected chi connectivity index (χ1v) is 5.76. The third-order valence-corrected chi connectivity index (χ3v) is 2.85. The molecule has 1 unspecified atom stereocenters. The van der Waals surface area contributed by atoms with Crippen LogP contribution >= 0.6 is 0 Å². The van der Waals surface area contributed by atoms with Crippen LogP contribution in [0.5, 0.6) is 0 Å². The van der Waals surface area contributed by atoms with Crippen molar-refractivity contribution in [1.82, 2.24) is 10.3 Å². The van der Waals surface area contributed by atoms with Crippen LogP contribution in [-0.2, 0) is 0 Å². The van der Waals surface area contributed by atoms with Gasteiger partial charge in [0.05, 0.1) is 4.92 Å². The van der Waals surface area contributed by atoms with Gasteiger partial charge in [-0.1, -0.05) is 0 Å². The van der Waals surface area contributed by atoms with Gasteiger partial charge < -0.3 is 10.6 Å². The number of aryl methyl sites for hydroxylation is 1. The standard InChI is InChI=1S/C11H16N4O2/c1-8-4-5-10(15(16)17)11(13-8)14-9-3-2-6-12-7-9/h4-5,9,12H,2-3,6-7H2,1H3,(H,13,14). The molecule has 0 bridgehead atoms. The van der Waals surface area contributed by atoms with Crippen molar-refractivity contribution in [3.05, 3.63) is 27.9 Å². The second kappa shape index (κ2) is 5.09. The molecule has 17 heavy (non-hydrogen) atoms. The van der Waals surface area contributed by atoms with Crippen molar-refractivity contribution in [2.75, 3.05) is 18.4 Å². The number of hydrogen-bond donors (Lipinski definition) is 2. The van der Waals surface area contributed by atoms with Crippen molar-refractivity contribution in [2.24, 2.45) is 0 Å². The molecule has 92 valence electrons. The van der Waals surface area contributed by atoms with Gasteiger partial charge in [0.1, 0.15) is 0 Å². The minimum absolute atomic E-state index is 0.0428. The van der Waals surface area contributed by atoms with E-state index >= 15 is 0 Å². The second-order valence-corrected chi connectivity index (χ2v) is 4.27. The summed E-state index contributed by atoms with van der Waals surface area (Å²) < 4.78 is 0. The van der Waals surface area contributed by atoms with E-state index in [2.05, 4.69) is 15.6 Å². The molecule has 2 rings (SSSR count). The highest BCUT2D eigenvalue weighted by Gasteiger charge is 2.20. The van der Waals surface area contributed by atoms with Gasteiger partial charge in [-0.05, 0) is 32.4 Å². The van der Waals surface area contributed by atoms with Gasteiger partial charge in [0.2, 0.25) is 5.82 Å². The van der Waals surface area contributed by atoms with Crippen LogP contribution in [-0.4, -0.2) is 29.0 Å². The predicted molar refractivity (Wildman–Crippen MR) is 65.1 cm³/mol. The Morgan fingerprint density at radius 3 is 3.06 bits per heavy atom. The maximum absolute atomic E-state index is 10.9. The maximum Gasteiger partial charge on any atom is 0.311 e. The van der Waals surface area contributed by atoms with Crippen molar-refractivity contribution in [2.45, 2.75) is 25.8 Å². The van der Waals surface area contributed by atoms with Gasteiger partial charge in [-0.25, -0.2) is 4.98 Å². The van der Waals surface area contributed by atoms with E-state index in [-0.39, 0.29) is 11.7 Å². The Morgan fingerprint density at radius 2 is 2.41 bits per heavy atom. The smallest absolute Gasteiger partial charge is 0.311 e. The molecule has 0 amide bonds. The highest BCUT2D eigenvalue weighted by molar-refractivity contribution is 5.56. The molecule has 2 heterocycles. The van der Waals surface area contributed by atoms with Gasteiger partial charge in [-0.15, -0.1) is 0 Å². The Morgan fingerprint density at radius 1 is 1.59 bits per heavy atom. The minimum Gasteiger partial charge on any atom is -0.360 e. The molecule has 1 aliphatic rings. The lowest BCUT2D eigenvalue weighted by Crippen LogP contribution is -2.38. The van der Waals surface area contributed by atoms with Crippen molar-refractivity contribution in [1.29, 1.82) is 0 Å². The highest BCUT2D eigenvalue weighted by atomic mass is 16.6. The second-order valence-electron chi connectivity index (χ2n) is 4.27. The molecular weight excluding hydrogens is 220 g/mol. The molecule has 1 atom stereocenters. The maximum atomic E-state index is 10.9. The zero-order chi connectivity index (χ0) is 12.3. The molecule has 1 aromatic rings. The van der Waals surface area contributed by atoms with Crippen LogP contribution < -0.4 is 10.6 Å². The van der Waals surface area contributed by atoms with Crippen molar-refractivity contribution < 1.29 is 4.92 Å². The average Bonchev–Trinajstić information content (AvgIpc) is 2.30. The molecule has 1 saturated heterocycles. The van der Waals surface area contributed by atoms with Gasteiger partial charge >= 0.3 is 5.69 Å². The summed E-state index contributed by atoms with van der Waals surface area (Å²) in [5, 5.41) is 17.3. The Labute approximate surface area is 99.6 Å². The fourth-order valence-corrected chi connectivity index (χ4v) is 1.97. The SMILES string of the molecule is Cc1ccc([N+](=O)[O-])c(NC2CCCNC2)n1. The molecule has 2 N–H and O–H groups in total. The molecule has 1 aromatic heterocycles. The molecule has 6 heteroatoms. The number of rotatable bonds is 3. The molecular formula is C11H16N4O2. The van der Waals surface area contributed by atoms with Crippen LogP contribution in [0.3, 0.4) is 0 Å². The first-order chi connectivity index (χ1) is 8.16. The van der Waals surface area contributed by atoms with Crippen LogP contribution in [0, 0.1) is 17.0 Å². The van der Waals surface area contributed by atoms with E-state index in [0.717, 1.165) is 31.6 Å². The normalized spacial score (nSPS) is 19.9. The minimum atomic E-state index is -0.398. The summed E-state index contributed by atoms with van der Waals surface area (Å²) in [6.45, 7) is 3.67. The summed E-state index contributed by atoms with van der Waals surface area (Å²) in [7, 11) is 0. The number of pyridine rings is 1. The van der Waals surface area contributed by atoms with Crippen molar-refractivity contribution in [3.63, 3.8) is 0 Å². The Hall–Kier alpha value is -1.69. The molecule has 0 saturated carbocycles. The Bertz CT molecular complexity index is 416. The van der Waals surface area contributed by atoms with E-state index < -0.39 is 4.92 Å². The molecule has 1 fully saturated rings. The summed E-state index contributed by atoms with van der Waals surface area (Å²) in [6, 6.07) is 3.38. The molecule has 6 nitrogen and oxygen atoms in total. The number of aromatic nitrogens is 1. The Balaban J connectivity index is 2.17. The summed E-state index contributed by atoms with van der Waals surface area (Å²) >= 11 is 0. The van der Waals surface area contributed by atoms with E-state index in [1.165, 1.54) is 6.07 Å². The summed E-state index contributed by atoms with van der Waals surface area (Å²) in [5.74, 6) is 0.378. The van der Waals surface area contributed by atoms with Crippen LogP contribution in [0.4, 0.5) is 11.5 Å².